The van der Waals surface area contributed by atoms with Gasteiger partial charge in [-0.15, -0.1) is 0 Å². The van der Waals surface area contributed by atoms with Crippen LogP contribution in [0.5, 0.6) is 0 Å². The molecule has 0 aliphatic carbocycles. The Morgan fingerprint density at radius 3 is 2.89 bits per heavy atom. The molecule has 0 unspecified atom stereocenters. The first-order valence-electron chi connectivity index (χ1n) is 6.15. The van der Waals surface area contributed by atoms with E-state index in [4.69, 9.17) is 4.74 Å². The van der Waals surface area contributed by atoms with Gasteiger partial charge >= 0.3 is 0 Å². The van der Waals surface area contributed by atoms with E-state index in [2.05, 4.69) is 4.98 Å². The van der Waals surface area contributed by atoms with E-state index in [0.29, 0.717) is 18.7 Å². The van der Waals surface area contributed by atoms with Crippen molar-refractivity contribution >= 4 is 21.9 Å². The first-order valence-corrected chi connectivity index (χ1v) is 6.15. The molecule has 0 saturated heterocycles. The number of rotatable bonds is 3. The fourth-order valence-electron chi connectivity index (χ4n) is 2.46. The fourth-order valence-corrected chi connectivity index (χ4v) is 2.46. The minimum absolute atomic E-state index is 0.0636. The van der Waals surface area contributed by atoms with Crippen LogP contribution in [0, 0.1) is 0 Å². The van der Waals surface area contributed by atoms with Gasteiger partial charge in [0, 0.05) is 26.1 Å². The number of aryl methyl sites for hydroxylation is 1. The van der Waals surface area contributed by atoms with Crippen LogP contribution in [0.15, 0.2) is 35.4 Å². The van der Waals surface area contributed by atoms with Gasteiger partial charge in [0.25, 0.3) is 5.56 Å². The second kappa shape index (κ2) is 4.51. The Bertz CT molecular complexity index is 801. The Morgan fingerprint density at radius 2 is 2.11 bits per heavy atom. The molecule has 0 amide bonds. The fraction of sp³-hybridized carbons (Fsp3) is 0.286. The van der Waals surface area contributed by atoms with E-state index in [9.17, 15) is 4.79 Å². The summed E-state index contributed by atoms with van der Waals surface area (Å²) in [6.45, 7) is 1.03. The number of methoxy groups -OCH3 is 1. The van der Waals surface area contributed by atoms with Gasteiger partial charge in [0.2, 0.25) is 0 Å². The zero-order valence-corrected chi connectivity index (χ0v) is 11.0. The third-order valence-corrected chi connectivity index (χ3v) is 3.35. The smallest absolute Gasteiger partial charge is 0.279 e. The van der Waals surface area contributed by atoms with E-state index in [1.165, 1.54) is 0 Å². The third kappa shape index (κ3) is 1.74. The maximum atomic E-state index is 12.5. The maximum Gasteiger partial charge on any atom is 0.279 e. The number of ether oxygens (including phenoxy) is 1. The van der Waals surface area contributed by atoms with Gasteiger partial charge in [0.15, 0.2) is 5.52 Å². The minimum Gasteiger partial charge on any atom is -0.383 e. The minimum atomic E-state index is -0.0636. The summed E-state index contributed by atoms with van der Waals surface area (Å²) in [6, 6.07) is 7.88. The van der Waals surface area contributed by atoms with Crippen molar-refractivity contribution in [1.82, 2.24) is 14.1 Å². The van der Waals surface area contributed by atoms with Gasteiger partial charge in [-0.25, -0.2) is 4.98 Å². The summed E-state index contributed by atoms with van der Waals surface area (Å²) in [5.41, 5.74) is 2.25. The van der Waals surface area contributed by atoms with E-state index in [-0.39, 0.29) is 5.56 Å². The molecule has 0 fully saturated rings. The van der Waals surface area contributed by atoms with E-state index in [0.717, 1.165) is 16.4 Å². The van der Waals surface area contributed by atoms with E-state index >= 15 is 0 Å². The van der Waals surface area contributed by atoms with Crippen molar-refractivity contribution in [2.45, 2.75) is 6.54 Å². The number of hydrogen-bond donors (Lipinski definition) is 0. The van der Waals surface area contributed by atoms with E-state index in [1.54, 1.807) is 18.0 Å². The highest BCUT2D eigenvalue weighted by Crippen LogP contribution is 2.21. The van der Waals surface area contributed by atoms with Gasteiger partial charge in [-0.1, -0.05) is 18.2 Å². The highest BCUT2D eigenvalue weighted by Gasteiger charge is 2.13. The van der Waals surface area contributed by atoms with Gasteiger partial charge in [-0.05, 0) is 6.07 Å². The number of benzene rings is 1. The number of fused-ring (bicyclic) bond motifs is 3. The van der Waals surface area contributed by atoms with Crippen molar-refractivity contribution in [2.24, 2.45) is 7.05 Å². The second-order valence-electron chi connectivity index (χ2n) is 4.52. The van der Waals surface area contributed by atoms with Gasteiger partial charge in [-0.3, -0.25) is 4.79 Å². The number of imidazole rings is 1. The summed E-state index contributed by atoms with van der Waals surface area (Å²) in [4.78, 5) is 16.7. The Balaban J connectivity index is 2.46. The Labute approximate surface area is 110 Å². The van der Waals surface area contributed by atoms with Gasteiger partial charge < -0.3 is 13.9 Å². The molecule has 19 heavy (non-hydrogen) atoms. The molecule has 3 aromatic rings. The zero-order valence-electron chi connectivity index (χ0n) is 11.0. The molecular weight excluding hydrogens is 242 g/mol. The molecule has 0 bridgehead atoms. The predicted octanol–water partition coefficient (Wildman–Crippen LogP) is 1.53. The lowest BCUT2D eigenvalue weighted by molar-refractivity contribution is 0.187. The quantitative estimate of drug-likeness (QED) is 0.715. The van der Waals surface area contributed by atoms with Gasteiger partial charge in [0.1, 0.15) is 0 Å². The largest absolute Gasteiger partial charge is 0.383 e. The molecule has 3 rings (SSSR count). The van der Waals surface area contributed by atoms with E-state index in [1.807, 2.05) is 35.9 Å². The number of nitrogens with zero attached hydrogens (tertiary/aromatic N) is 3. The van der Waals surface area contributed by atoms with Gasteiger partial charge in [0.05, 0.1) is 24.0 Å². The summed E-state index contributed by atoms with van der Waals surface area (Å²) in [5.74, 6) is 0. The van der Waals surface area contributed by atoms with Crippen molar-refractivity contribution in [2.75, 3.05) is 13.7 Å². The Hall–Kier alpha value is -2.14. The molecule has 0 atom stereocenters. The van der Waals surface area contributed by atoms with Crippen LogP contribution in [-0.4, -0.2) is 27.8 Å². The SMILES string of the molecule is COCCn1c(=O)c2ncn(C)c2c2ccccc21. The van der Waals surface area contributed by atoms with Gasteiger partial charge in [-0.2, -0.15) is 0 Å². The molecule has 0 saturated carbocycles. The average molecular weight is 257 g/mol. The zero-order chi connectivity index (χ0) is 13.4. The second-order valence-corrected chi connectivity index (χ2v) is 4.52. The summed E-state index contributed by atoms with van der Waals surface area (Å²) < 4.78 is 8.70. The predicted molar refractivity (Wildman–Crippen MR) is 74.4 cm³/mol. The number of aromatic nitrogens is 3. The van der Waals surface area contributed by atoms with Crippen LogP contribution >= 0.6 is 0 Å². The molecule has 0 radical (unpaired) electrons. The van der Waals surface area contributed by atoms with Crippen LogP contribution in [0.4, 0.5) is 0 Å². The molecule has 5 heteroatoms. The first kappa shape index (κ1) is 11.9. The van der Waals surface area contributed by atoms with Crippen molar-refractivity contribution in [3.63, 3.8) is 0 Å². The molecule has 98 valence electrons. The lowest BCUT2D eigenvalue weighted by Crippen LogP contribution is -2.23. The third-order valence-electron chi connectivity index (χ3n) is 3.35. The summed E-state index contributed by atoms with van der Waals surface area (Å²) in [7, 11) is 3.53. The normalized spacial score (nSPS) is 11.5. The van der Waals surface area contributed by atoms with Crippen molar-refractivity contribution in [3.05, 3.63) is 40.9 Å². The lowest BCUT2D eigenvalue weighted by atomic mass is 10.2. The van der Waals surface area contributed by atoms with Crippen molar-refractivity contribution in [1.29, 1.82) is 0 Å². The van der Waals surface area contributed by atoms with Crippen LogP contribution in [0.1, 0.15) is 0 Å². The summed E-state index contributed by atoms with van der Waals surface area (Å²) >= 11 is 0. The average Bonchev–Trinajstić information content (AvgIpc) is 2.81. The highest BCUT2D eigenvalue weighted by molar-refractivity contribution is 6.02. The molecular formula is C14H15N3O2. The molecule has 2 heterocycles. The number of para-hydroxylation sites is 1. The molecule has 0 aliphatic rings. The van der Waals surface area contributed by atoms with E-state index < -0.39 is 0 Å². The van der Waals surface area contributed by atoms with Crippen molar-refractivity contribution in [3.8, 4) is 0 Å². The molecule has 0 N–H and O–H groups in total. The maximum absolute atomic E-state index is 12.5. The van der Waals surface area contributed by atoms with Crippen LogP contribution in [0.2, 0.25) is 0 Å². The van der Waals surface area contributed by atoms with Crippen LogP contribution in [0.25, 0.3) is 21.9 Å². The van der Waals surface area contributed by atoms with Crippen molar-refractivity contribution < 1.29 is 4.74 Å². The summed E-state index contributed by atoms with van der Waals surface area (Å²) in [6.07, 6.45) is 1.68. The Morgan fingerprint density at radius 1 is 1.32 bits per heavy atom. The Kier molecular flexibility index (Phi) is 2.83. The topological polar surface area (TPSA) is 49.1 Å². The summed E-state index contributed by atoms with van der Waals surface area (Å²) in [5, 5.41) is 1.04. The molecule has 2 aromatic heterocycles. The lowest BCUT2D eigenvalue weighted by Gasteiger charge is -2.11. The first-order chi connectivity index (χ1) is 9.24. The van der Waals surface area contributed by atoms with Crippen LogP contribution in [-0.2, 0) is 18.3 Å². The molecule has 5 nitrogen and oxygen atoms in total. The highest BCUT2D eigenvalue weighted by atomic mass is 16.5. The molecule has 0 aliphatic heterocycles. The van der Waals surface area contributed by atoms with Crippen LogP contribution < -0.4 is 5.56 Å². The van der Waals surface area contributed by atoms with Crippen LogP contribution in [0.3, 0.4) is 0 Å². The number of pyridine rings is 1. The monoisotopic (exact) mass is 257 g/mol. The molecule has 0 spiro atoms. The number of hydrogen-bond acceptors (Lipinski definition) is 3. The standard InChI is InChI=1S/C14H15N3O2/c1-16-9-15-12-13(16)10-5-3-4-6-11(10)17(14(12)18)7-8-19-2/h3-6,9H,7-8H2,1-2H3. The molecule has 1 aromatic carbocycles.